The molecule has 3 N–H and O–H groups in total. The number of benzene rings is 2. The summed E-state index contributed by atoms with van der Waals surface area (Å²) in [4.78, 5) is 19.7. The quantitative estimate of drug-likeness (QED) is 0.170. The zero-order valence-corrected chi connectivity index (χ0v) is 20.7. The number of carbonyl (C=O) groups excluding carboxylic acids is 1. The van der Waals surface area contributed by atoms with Gasteiger partial charge in [-0.2, -0.15) is 0 Å². The lowest BCUT2D eigenvalue weighted by molar-refractivity contribution is 0.0597. The number of methoxy groups -OCH3 is 2. The van der Waals surface area contributed by atoms with E-state index in [1.807, 2.05) is 19.2 Å². The topological polar surface area (TPSA) is 87.7 Å². The van der Waals surface area contributed by atoms with Gasteiger partial charge in [0.2, 0.25) is 0 Å². The van der Waals surface area contributed by atoms with E-state index in [9.17, 15) is 9.18 Å². The molecule has 1 aromatic heterocycles. The fourth-order valence-corrected chi connectivity index (χ4v) is 3.31. The number of esters is 1. The van der Waals surface area contributed by atoms with Gasteiger partial charge in [0.15, 0.2) is 5.96 Å². The van der Waals surface area contributed by atoms with Crippen LogP contribution < -0.4 is 15.4 Å². The van der Waals surface area contributed by atoms with E-state index in [4.69, 9.17) is 9.47 Å². The molecule has 9 heteroatoms. The molecule has 0 unspecified atom stereocenters. The first kappa shape index (κ1) is 25.4. The largest absolute Gasteiger partial charge is 0.496 e. The monoisotopic (exact) mass is 554 g/mol. The van der Waals surface area contributed by atoms with Gasteiger partial charge in [-0.15, -0.1) is 24.0 Å². The van der Waals surface area contributed by atoms with Gasteiger partial charge in [-0.3, -0.25) is 0 Å². The second kappa shape index (κ2) is 12.3. The second-order valence-corrected chi connectivity index (χ2v) is 6.90. The van der Waals surface area contributed by atoms with Gasteiger partial charge in [-0.1, -0.05) is 6.07 Å². The number of aliphatic imine (C=N–C) groups is 1. The van der Waals surface area contributed by atoms with E-state index in [2.05, 4.69) is 20.6 Å². The average molecular weight is 554 g/mol. The number of ether oxygens (including phenoxy) is 2. The van der Waals surface area contributed by atoms with Crippen LogP contribution in [0.15, 0.2) is 47.6 Å². The predicted octanol–water partition coefficient (Wildman–Crippen LogP) is 4.02. The molecule has 0 aliphatic carbocycles. The third kappa shape index (κ3) is 6.35. The minimum Gasteiger partial charge on any atom is -0.496 e. The lowest BCUT2D eigenvalue weighted by Crippen LogP contribution is -2.38. The molecule has 0 aliphatic rings. The molecule has 0 aliphatic heterocycles. The Kier molecular flexibility index (Phi) is 9.76. The van der Waals surface area contributed by atoms with Gasteiger partial charge in [0.25, 0.3) is 0 Å². The van der Waals surface area contributed by atoms with Gasteiger partial charge >= 0.3 is 5.97 Å². The first-order chi connectivity index (χ1) is 15.0. The minimum atomic E-state index is -0.456. The molecule has 0 fully saturated rings. The molecule has 0 atom stereocenters. The fraction of sp³-hybridized carbons (Fsp3) is 0.304. The van der Waals surface area contributed by atoms with Crippen molar-refractivity contribution in [2.24, 2.45) is 4.99 Å². The summed E-state index contributed by atoms with van der Waals surface area (Å²) in [6.07, 6.45) is 2.62. The van der Waals surface area contributed by atoms with Crippen LogP contribution in [-0.2, 0) is 17.7 Å². The summed E-state index contributed by atoms with van der Waals surface area (Å²) in [5, 5.41) is 7.39. The smallest absolute Gasteiger partial charge is 0.341 e. The molecule has 3 rings (SSSR count). The van der Waals surface area contributed by atoms with Crippen molar-refractivity contribution in [2.45, 2.75) is 19.9 Å². The Morgan fingerprint density at radius 1 is 1.16 bits per heavy atom. The second-order valence-electron chi connectivity index (χ2n) is 6.90. The van der Waals surface area contributed by atoms with E-state index in [-0.39, 0.29) is 29.8 Å². The van der Waals surface area contributed by atoms with Crippen molar-refractivity contribution in [3.63, 3.8) is 0 Å². The maximum absolute atomic E-state index is 13.6. The van der Waals surface area contributed by atoms with E-state index >= 15 is 0 Å². The van der Waals surface area contributed by atoms with Crippen molar-refractivity contribution in [2.75, 3.05) is 27.3 Å². The summed E-state index contributed by atoms with van der Waals surface area (Å²) < 4.78 is 23.6. The van der Waals surface area contributed by atoms with E-state index in [0.717, 1.165) is 22.0 Å². The highest BCUT2D eigenvalue weighted by molar-refractivity contribution is 14.0. The fourth-order valence-electron chi connectivity index (χ4n) is 3.31. The van der Waals surface area contributed by atoms with Crippen molar-refractivity contribution in [3.05, 3.63) is 65.1 Å². The summed E-state index contributed by atoms with van der Waals surface area (Å²) in [6, 6.07) is 10.0. The number of nitrogens with one attached hydrogen (secondary N) is 3. The van der Waals surface area contributed by atoms with E-state index in [1.54, 1.807) is 24.3 Å². The molecule has 32 heavy (non-hydrogen) atoms. The molecule has 0 radical (unpaired) electrons. The van der Waals surface area contributed by atoms with Crippen LogP contribution in [0.2, 0.25) is 0 Å². The van der Waals surface area contributed by atoms with Crippen molar-refractivity contribution >= 4 is 46.8 Å². The molecule has 7 nitrogen and oxygen atoms in total. The molecule has 1 heterocycles. The van der Waals surface area contributed by atoms with E-state index in [1.165, 1.54) is 20.3 Å². The molecule has 0 spiro atoms. The number of H-pyrrole nitrogens is 1. The normalized spacial score (nSPS) is 11.1. The molecule has 2 aromatic carbocycles. The summed E-state index contributed by atoms with van der Waals surface area (Å²) in [5.74, 6) is 0.411. The molecule has 172 valence electrons. The van der Waals surface area contributed by atoms with Gasteiger partial charge < -0.3 is 25.1 Å². The van der Waals surface area contributed by atoms with E-state index in [0.29, 0.717) is 43.3 Å². The van der Waals surface area contributed by atoms with Crippen LogP contribution in [0.1, 0.15) is 28.4 Å². The van der Waals surface area contributed by atoms with Crippen LogP contribution in [0.3, 0.4) is 0 Å². The Morgan fingerprint density at radius 3 is 2.69 bits per heavy atom. The third-order valence-corrected chi connectivity index (χ3v) is 4.85. The highest BCUT2D eigenvalue weighted by Crippen LogP contribution is 2.21. The Bertz CT molecular complexity index is 1080. The van der Waals surface area contributed by atoms with Crippen LogP contribution in [0.5, 0.6) is 5.75 Å². The summed E-state index contributed by atoms with van der Waals surface area (Å²) in [6.45, 7) is 3.70. The zero-order valence-electron chi connectivity index (χ0n) is 18.3. The van der Waals surface area contributed by atoms with Crippen molar-refractivity contribution in [1.82, 2.24) is 15.6 Å². The maximum atomic E-state index is 13.6. The summed E-state index contributed by atoms with van der Waals surface area (Å²) in [7, 11) is 2.84. The Balaban J connectivity index is 0.00000363. The number of hydrogen-bond donors (Lipinski definition) is 3. The van der Waals surface area contributed by atoms with Gasteiger partial charge in [0.05, 0.1) is 20.8 Å². The lowest BCUT2D eigenvalue weighted by atomic mass is 10.1. The van der Waals surface area contributed by atoms with Crippen LogP contribution >= 0.6 is 24.0 Å². The van der Waals surface area contributed by atoms with Crippen molar-refractivity contribution in [3.8, 4) is 5.75 Å². The number of aromatic amines is 1. The van der Waals surface area contributed by atoms with Gasteiger partial charge in [0.1, 0.15) is 17.1 Å². The van der Waals surface area contributed by atoms with Crippen LogP contribution in [0, 0.1) is 5.82 Å². The SMILES string of the molecule is CCNC(=NCc1ccc(OC)c(C(=O)OC)c1)NCCc1c[nH]c2ccc(F)cc12.I. The first-order valence-electron chi connectivity index (χ1n) is 10.1. The minimum absolute atomic E-state index is 0. The van der Waals surface area contributed by atoms with E-state index < -0.39 is 5.97 Å². The average Bonchev–Trinajstić information content (AvgIpc) is 3.18. The predicted molar refractivity (Wildman–Crippen MR) is 135 cm³/mol. The number of carbonyl (C=O) groups is 1. The van der Waals surface area contributed by atoms with Gasteiger partial charge in [-0.05, 0) is 54.8 Å². The highest BCUT2D eigenvalue weighted by atomic mass is 127. The molecule has 0 saturated carbocycles. The lowest BCUT2D eigenvalue weighted by Gasteiger charge is -2.12. The number of guanidine groups is 1. The first-order valence-corrected chi connectivity index (χ1v) is 10.1. The number of aromatic nitrogens is 1. The Labute approximate surface area is 203 Å². The number of fused-ring (bicyclic) bond motifs is 1. The van der Waals surface area contributed by atoms with Crippen molar-refractivity contribution < 1.29 is 18.7 Å². The molecule has 0 bridgehead atoms. The third-order valence-electron chi connectivity index (χ3n) is 4.85. The highest BCUT2D eigenvalue weighted by Gasteiger charge is 2.13. The Hall–Kier alpha value is -2.82. The molecule has 3 aromatic rings. The van der Waals surface area contributed by atoms with Crippen LogP contribution in [0.4, 0.5) is 4.39 Å². The van der Waals surface area contributed by atoms with Crippen molar-refractivity contribution in [1.29, 1.82) is 0 Å². The summed E-state index contributed by atoms with van der Waals surface area (Å²) >= 11 is 0. The van der Waals surface area contributed by atoms with Gasteiger partial charge in [0, 0.05) is 30.2 Å². The maximum Gasteiger partial charge on any atom is 0.341 e. The van der Waals surface area contributed by atoms with Crippen LogP contribution in [0.25, 0.3) is 10.9 Å². The number of rotatable bonds is 8. The van der Waals surface area contributed by atoms with Gasteiger partial charge in [-0.25, -0.2) is 14.2 Å². The number of nitrogens with zero attached hydrogens (tertiary/aromatic N) is 1. The van der Waals surface area contributed by atoms with Crippen LogP contribution in [-0.4, -0.2) is 44.2 Å². The Morgan fingerprint density at radius 2 is 1.97 bits per heavy atom. The molecule has 0 amide bonds. The molecular weight excluding hydrogens is 526 g/mol. The number of hydrogen-bond acceptors (Lipinski definition) is 4. The summed E-state index contributed by atoms with van der Waals surface area (Å²) in [5.41, 5.74) is 3.17. The molecular formula is C23H28FIN4O3. The zero-order chi connectivity index (χ0) is 22.2. The number of halogens is 2. The standard InChI is InChI=1S/C23H27FN4O3.HI/c1-4-25-23(26-10-9-16-14-27-20-7-6-17(24)12-18(16)20)28-13-15-5-8-21(30-2)19(11-15)22(29)31-3;/h5-8,11-12,14,27H,4,9-10,13H2,1-3H3,(H2,25,26,28);1H. The molecule has 0 saturated heterocycles.